The Morgan fingerprint density at radius 1 is 1.29 bits per heavy atom. The topological polar surface area (TPSA) is 68.2 Å². The van der Waals surface area contributed by atoms with Crippen molar-refractivity contribution in [1.82, 2.24) is 4.90 Å². The first kappa shape index (κ1) is 18.7. The van der Waals surface area contributed by atoms with Crippen molar-refractivity contribution < 1.29 is 24.1 Å². The molecule has 0 radical (unpaired) electrons. The highest BCUT2D eigenvalue weighted by Gasteiger charge is 2.32. The van der Waals surface area contributed by atoms with Crippen molar-refractivity contribution in [3.63, 3.8) is 0 Å². The maximum absolute atomic E-state index is 12.4. The van der Waals surface area contributed by atoms with Crippen molar-refractivity contribution in [2.45, 2.75) is 45.1 Å². The molecule has 1 amide bonds. The molecule has 1 N–H and O–H groups in total. The van der Waals surface area contributed by atoms with E-state index in [1.807, 2.05) is 51.1 Å². The van der Waals surface area contributed by atoms with Crippen LogP contribution in [0.2, 0.25) is 0 Å². The molecule has 24 heavy (non-hydrogen) atoms. The summed E-state index contributed by atoms with van der Waals surface area (Å²) in [6.07, 6.45) is -1.18. The summed E-state index contributed by atoms with van der Waals surface area (Å²) < 4.78 is 16.6. The number of β-amino-alcohol motifs (C(OH)–C–C–N with tert-alkyl or cyclic N) is 1. The molecule has 2 rings (SSSR count). The quantitative estimate of drug-likeness (QED) is 0.912. The predicted molar refractivity (Wildman–Crippen MR) is 89.7 cm³/mol. The van der Waals surface area contributed by atoms with Crippen molar-refractivity contribution >= 4 is 6.09 Å². The van der Waals surface area contributed by atoms with Gasteiger partial charge in [0.15, 0.2) is 0 Å². The van der Waals surface area contributed by atoms with Crippen LogP contribution < -0.4 is 0 Å². The Kier molecular flexibility index (Phi) is 6.60. The Hall–Kier alpha value is -1.63. The number of benzene rings is 1. The zero-order valence-electron chi connectivity index (χ0n) is 14.6. The summed E-state index contributed by atoms with van der Waals surface area (Å²) in [6.45, 7) is 6.92. The Bertz CT molecular complexity index is 514. The molecule has 1 saturated heterocycles. The lowest BCUT2D eigenvalue weighted by molar-refractivity contribution is -0.0109. The van der Waals surface area contributed by atoms with E-state index in [2.05, 4.69) is 0 Å². The Balaban J connectivity index is 1.96. The monoisotopic (exact) mass is 337 g/mol. The number of carbonyl (C=O) groups excluding carboxylic acids is 1. The highest BCUT2D eigenvalue weighted by molar-refractivity contribution is 5.68. The molecule has 6 heteroatoms. The third kappa shape index (κ3) is 6.11. The van der Waals surface area contributed by atoms with Crippen LogP contribution in [0.3, 0.4) is 0 Å². The van der Waals surface area contributed by atoms with Crippen LogP contribution in [0, 0.1) is 0 Å². The third-order valence-electron chi connectivity index (χ3n) is 3.52. The van der Waals surface area contributed by atoms with E-state index in [0.29, 0.717) is 19.8 Å². The smallest absolute Gasteiger partial charge is 0.410 e. The Morgan fingerprint density at radius 2 is 2.00 bits per heavy atom. The van der Waals surface area contributed by atoms with Gasteiger partial charge in [-0.05, 0) is 26.3 Å². The number of aliphatic hydroxyl groups is 1. The van der Waals surface area contributed by atoms with Crippen molar-refractivity contribution in [3.8, 4) is 0 Å². The van der Waals surface area contributed by atoms with Crippen LogP contribution in [0.4, 0.5) is 4.79 Å². The lowest BCUT2D eigenvalue weighted by Gasteiger charge is -2.32. The summed E-state index contributed by atoms with van der Waals surface area (Å²) >= 11 is 0. The molecule has 6 nitrogen and oxygen atoms in total. The van der Waals surface area contributed by atoms with E-state index in [1.54, 1.807) is 0 Å². The van der Waals surface area contributed by atoms with Gasteiger partial charge in [-0.1, -0.05) is 30.3 Å². The maximum atomic E-state index is 12.4. The van der Waals surface area contributed by atoms with E-state index in [1.165, 1.54) is 4.90 Å². The molecule has 1 fully saturated rings. The predicted octanol–water partition coefficient (Wildman–Crippen LogP) is 2.20. The van der Waals surface area contributed by atoms with Gasteiger partial charge in [0.1, 0.15) is 5.60 Å². The van der Waals surface area contributed by atoms with Gasteiger partial charge in [-0.3, -0.25) is 4.90 Å². The highest BCUT2D eigenvalue weighted by Crippen LogP contribution is 2.16. The van der Waals surface area contributed by atoms with Crippen LogP contribution in [0.5, 0.6) is 0 Å². The van der Waals surface area contributed by atoms with Gasteiger partial charge in [0, 0.05) is 0 Å². The van der Waals surface area contributed by atoms with Crippen LogP contribution in [0.25, 0.3) is 0 Å². The molecular weight excluding hydrogens is 310 g/mol. The summed E-state index contributed by atoms with van der Waals surface area (Å²) in [6, 6.07) is 9.54. The molecule has 1 aromatic rings. The third-order valence-corrected chi connectivity index (χ3v) is 3.52. The van der Waals surface area contributed by atoms with Crippen LogP contribution in [-0.2, 0) is 20.8 Å². The number of rotatable bonds is 4. The number of carbonyl (C=O) groups is 1. The molecule has 2 atom stereocenters. The van der Waals surface area contributed by atoms with E-state index >= 15 is 0 Å². The number of amides is 1. The molecule has 1 unspecified atom stereocenters. The number of hydrogen-bond acceptors (Lipinski definition) is 5. The van der Waals surface area contributed by atoms with Gasteiger partial charge in [0.05, 0.1) is 45.1 Å². The van der Waals surface area contributed by atoms with Gasteiger partial charge in [0.25, 0.3) is 0 Å². The lowest BCUT2D eigenvalue weighted by Crippen LogP contribution is -2.48. The van der Waals surface area contributed by atoms with E-state index < -0.39 is 17.8 Å². The zero-order valence-corrected chi connectivity index (χ0v) is 14.6. The second-order valence-electron chi connectivity index (χ2n) is 6.98. The molecule has 1 aromatic carbocycles. The molecule has 0 saturated carbocycles. The van der Waals surface area contributed by atoms with Gasteiger partial charge in [-0.15, -0.1) is 0 Å². The van der Waals surface area contributed by atoms with E-state index in [-0.39, 0.29) is 19.2 Å². The van der Waals surface area contributed by atoms with Crippen molar-refractivity contribution in [3.05, 3.63) is 35.9 Å². The first-order valence-electron chi connectivity index (χ1n) is 8.22. The summed E-state index contributed by atoms with van der Waals surface area (Å²) in [5, 5.41) is 9.91. The fourth-order valence-electron chi connectivity index (χ4n) is 2.43. The van der Waals surface area contributed by atoms with Crippen LogP contribution in [0.15, 0.2) is 30.3 Å². The molecule has 1 heterocycles. The summed E-state index contributed by atoms with van der Waals surface area (Å²) in [5.41, 5.74) is 0.473. The van der Waals surface area contributed by atoms with Crippen molar-refractivity contribution in [2.24, 2.45) is 0 Å². The summed E-state index contributed by atoms with van der Waals surface area (Å²) in [5.74, 6) is 0. The molecule has 0 spiro atoms. The Morgan fingerprint density at radius 3 is 2.67 bits per heavy atom. The molecule has 134 valence electrons. The van der Waals surface area contributed by atoms with Gasteiger partial charge in [0.2, 0.25) is 0 Å². The average molecular weight is 337 g/mol. The molecule has 0 bridgehead atoms. The highest BCUT2D eigenvalue weighted by atomic mass is 16.6. The molecule has 1 aliphatic heterocycles. The second-order valence-corrected chi connectivity index (χ2v) is 6.98. The van der Waals surface area contributed by atoms with E-state index in [4.69, 9.17) is 14.2 Å². The number of ether oxygens (including phenoxy) is 3. The van der Waals surface area contributed by atoms with E-state index in [9.17, 15) is 9.90 Å². The van der Waals surface area contributed by atoms with Crippen molar-refractivity contribution in [1.29, 1.82) is 0 Å². The first-order valence-corrected chi connectivity index (χ1v) is 8.22. The minimum atomic E-state index is -0.725. The van der Waals surface area contributed by atoms with Gasteiger partial charge in [-0.25, -0.2) is 4.79 Å². The molecular formula is C18H27NO5. The number of aliphatic hydroxyl groups excluding tert-OH is 1. The fraction of sp³-hybridized carbons (Fsp3) is 0.611. The SMILES string of the molecule is CC(C)(C)OC(=O)N1CC(O)COC[C@@H]1COCc1ccccc1. The van der Waals surface area contributed by atoms with Crippen LogP contribution in [-0.4, -0.2) is 60.2 Å². The van der Waals surface area contributed by atoms with Gasteiger partial charge >= 0.3 is 6.09 Å². The van der Waals surface area contributed by atoms with Crippen LogP contribution in [0.1, 0.15) is 26.3 Å². The van der Waals surface area contributed by atoms with Gasteiger partial charge in [-0.2, -0.15) is 0 Å². The lowest BCUT2D eigenvalue weighted by atomic mass is 10.2. The molecule has 0 aliphatic carbocycles. The first-order chi connectivity index (χ1) is 11.3. The normalized spacial score (nSPS) is 22.1. The average Bonchev–Trinajstić information content (AvgIpc) is 2.68. The minimum Gasteiger partial charge on any atom is -0.444 e. The summed E-state index contributed by atoms with van der Waals surface area (Å²) in [7, 11) is 0. The Labute approximate surface area is 143 Å². The zero-order chi connectivity index (χ0) is 17.6. The summed E-state index contributed by atoms with van der Waals surface area (Å²) in [4.78, 5) is 13.9. The number of nitrogens with zero attached hydrogens (tertiary/aromatic N) is 1. The van der Waals surface area contributed by atoms with E-state index in [0.717, 1.165) is 5.56 Å². The largest absolute Gasteiger partial charge is 0.444 e. The van der Waals surface area contributed by atoms with Gasteiger partial charge < -0.3 is 19.3 Å². The number of hydrogen-bond donors (Lipinski definition) is 1. The fourth-order valence-corrected chi connectivity index (χ4v) is 2.43. The maximum Gasteiger partial charge on any atom is 0.410 e. The van der Waals surface area contributed by atoms with Crippen molar-refractivity contribution in [2.75, 3.05) is 26.4 Å². The molecule has 0 aromatic heterocycles. The standard InChI is InChI=1S/C18H27NO5/c1-18(2,3)24-17(21)19-9-16(20)13-23-12-15(19)11-22-10-14-7-5-4-6-8-14/h4-8,15-16,20H,9-13H2,1-3H3/t15-,16?/m0/s1. The molecule has 1 aliphatic rings. The second kappa shape index (κ2) is 8.46. The minimum absolute atomic E-state index is 0.175. The van der Waals surface area contributed by atoms with Crippen LogP contribution >= 0.6 is 0 Å².